The summed E-state index contributed by atoms with van der Waals surface area (Å²) in [6.45, 7) is 5.78. The molecule has 0 aliphatic carbocycles. The Bertz CT molecular complexity index is 459. The van der Waals surface area contributed by atoms with E-state index in [0.29, 0.717) is 13.0 Å². The lowest BCUT2D eigenvalue weighted by atomic mass is 9.99. The molecule has 2 amide bonds. The maximum atomic E-state index is 12.1. The van der Waals surface area contributed by atoms with E-state index in [9.17, 15) is 19.5 Å². The Morgan fingerprint density at radius 3 is 2.48 bits per heavy atom. The number of alkyl carbamates (subject to hydrolysis) is 1. The van der Waals surface area contributed by atoms with Crippen molar-refractivity contribution < 1.29 is 29.0 Å². The zero-order chi connectivity index (χ0) is 17.7. The molecule has 0 aromatic heterocycles. The molecule has 1 saturated heterocycles. The second-order valence-electron chi connectivity index (χ2n) is 6.68. The molecule has 1 aliphatic heterocycles. The molecule has 1 heterocycles. The van der Waals surface area contributed by atoms with Crippen molar-refractivity contribution in [1.29, 1.82) is 0 Å². The first kappa shape index (κ1) is 19.2. The van der Waals surface area contributed by atoms with E-state index in [-0.39, 0.29) is 31.8 Å². The maximum Gasteiger partial charge on any atom is 0.408 e. The number of aliphatic carboxylic acids is 1. The van der Waals surface area contributed by atoms with Gasteiger partial charge in [-0.1, -0.05) is 0 Å². The fraction of sp³-hybridized carbons (Fsp3) is 0.800. The molecular formula is C15H26N2O6. The van der Waals surface area contributed by atoms with Gasteiger partial charge >= 0.3 is 12.1 Å². The first-order valence-electron chi connectivity index (χ1n) is 7.61. The highest BCUT2D eigenvalue weighted by Gasteiger charge is 2.48. The Morgan fingerprint density at radius 1 is 1.30 bits per heavy atom. The first-order valence-corrected chi connectivity index (χ1v) is 7.61. The molecule has 23 heavy (non-hydrogen) atoms. The van der Waals surface area contributed by atoms with Crippen molar-refractivity contribution in [3.63, 3.8) is 0 Å². The lowest BCUT2D eigenvalue weighted by molar-refractivity contribution is -0.144. The third-order valence-electron chi connectivity index (χ3n) is 3.51. The van der Waals surface area contributed by atoms with Gasteiger partial charge in [-0.3, -0.25) is 4.79 Å². The summed E-state index contributed by atoms with van der Waals surface area (Å²) in [7, 11) is 1.56. The summed E-state index contributed by atoms with van der Waals surface area (Å²) >= 11 is 0. The van der Waals surface area contributed by atoms with Crippen LogP contribution in [0.25, 0.3) is 0 Å². The molecule has 0 bridgehead atoms. The van der Waals surface area contributed by atoms with Gasteiger partial charge in [0.05, 0.1) is 6.54 Å². The van der Waals surface area contributed by atoms with Crippen molar-refractivity contribution in [1.82, 2.24) is 10.2 Å². The molecule has 1 aliphatic rings. The first-order chi connectivity index (χ1) is 10.6. The van der Waals surface area contributed by atoms with Gasteiger partial charge in [0.2, 0.25) is 5.91 Å². The number of hydrogen-bond donors (Lipinski definition) is 2. The Morgan fingerprint density at radius 2 is 1.96 bits per heavy atom. The van der Waals surface area contributed by atoms with Crippen molar-refractivity contribution in [3.05, 3.63) is 0 Å². The van der Waals surface area contributed by atoms with Crippen LogP contribution in [0.5, 0.6) is 0 Å². The molecule has 0 saturated carbocycles. The van der Waals surface area contributed by atoms with E-state index in [1.807, 2.05) is 0 Å². The van der Waals surface area contributed by atoms with Gasteiger partial charge < -0.3 is 24.8 Å². The zero-order valence-corrected chi connectivity index (χ0v) is 14.2. The average Bonchev–Trinajstić information content (AvgIpc) is 2.82. The third-order valence-corrected chi connectivity index (χ3v) is 3.51. The highest BCUT2D eigenvalue weighted by atomic mass is 16.6. The minimum atomic E-state index is -1.50. The predicted octanol–water partition coefficient (Wildman–Crippen LogP) is 0.993. The fourth-order valence-electron chi connectivity index (χ4n) is 2.38. The predicted molar refractivity (Wildman–Crippen MR) is 82.0 cm³/mol. The molecule has 8 nitrogen and oxygen atoms in total. The van der Waals surface area contributed by atoms with E-state index >= 15 is 0 Å². The molecule has 2 N–H and O–H groups in total. The van der Waals surface area contributed by atoms with E-state index in [2.05, 4.69) is 5.32 Å². The van der Waals surface area contributed by atoms with Crippen molar-refractivity contribution in [2.24, 2.45) is 0 Å². The number of carbonyl (C=O) groups excluding carboxylic acids is 2. The van der Waals surface area contributed by atoms with Crippen LogP contribution >= 0.6 is 0 Å². The van der Waals surface area contributed by atoms with Crippen LogP contribution in [0.2, 0.25) is 0 Å². The molecule has 1 unspecified atom stereocenters. The van der Waals surface area contributed by atoms with E-state index < -0.39 is 23.2 Å². The van der Waals surface area contributed by atoms with Crippen LogP contribution in [0, 0.1) is 0 Å². The van der Waals surface area contributed by atoms with Gasteiger partial charge in [0.1, 0.15) is 5.60 Å². The summed E-state index contributed by atoms with van der Waals surface area (Å²) in [5.41, 5.74) is -2.22. The third kappa shape index (κ3) is 5.70. The molecule has 132 valence electrons. The smallest absolute Gasteiger partial charge is 0.408 e. The molecule has 1 rings (SSSR count). The van der Waals surface area contributed by atoms with Gasteiger partial charge in [0, 0.05) is 33.1 Å². The van der Waals surface area contributed by atoms with E-state index in [1.54, 1.807) is 27.9 Å². The van der Waals surface area contributed by atoms with Crippen molar-refractivity contribution in [2.45, 2.75) is 51.2 Å². The molecular weight excluding hydrogens is 304 g/mol. The molecule has 0 radical (unpaired) electrons. The minimum absolute atomic E-state index is 0.0621. The number of carboxylic acid groups (broad SMARTS) is 1. The van der Waals surface area contributed by atoms with Crippen LogP contribution in [-0.2, 0) is 19.1 Å². The normalized spacial score (nSPS) is 21.1. The maximum absolute atomic E-state index is 12.1. The summed E-state index contributed by atoms with van der Waals surface area (Å²) < 4.78 is 10.0. The average molecular weight is 330 g/mol. The number of rotatable bonds is 6. The summed E-state index contributed by atoms with van der Waals surface area (Å²) in [4.78, 5) is 37.1. The van der Waals surface area contributed by atoms with Crippen LogP contribution in [0.3, 0.4) is 0 Å². The van der Waals surface area contributed by atoms with Crippen LogP contribution in [0.4, 0.5) is 4.79 Å². The van der Waals surface area contributed by atoms with Gasteiger partial charge in [-0.05, 0) is 27.2 Å². The summed E-state index contributed by atoms with van der Waals surface area (Å²) in [5, 5.41) is 11.9. The van der Waals surface area contributed by atoms with E-state index in [4.69, 9.17) is 9.47 Å². The van der Waals surface area contributed by atoms with E-state index in [1.165, 1.54) is 4.90 Å². The zero-order valence-electron chi connectivity index (χ0n) is 14.2. The number of hydrogen-bond acceptors (Lipinski definition) is 5. The highest BCUT2D eigenvalue weighted by Crippen LogP contribution is 2.23. The monoisotopic (exact) mass is 330 g/mol. The van der Waals surface area contributed by atoms with Crippen molar-refractivity contribution in [3.8, 4) is 0 Å². The minimum Gasteiger partial charge on any atom is -0.479 e. The number of ether oxygens (including phenoxy) is 2. The SMILES string of the molecule is COCCCC(=O)N1CCC(NC(=O)OC(C)(C)C)(C(=O)O)C1. The number of carboxylic acids is 1. The van der Waals surface area contributed by atoms with Crippen LogP contribution in [-0.4, -0.2) is 65.9 Å². The number of nitrogens with zero attached hydrogens (tertiary/aromatic N) is 1. The fourth-order valence-corrected chi connectivity index (χ4v) is 2.38. The molecule has 0 spiro atoms. The van der Waals surface area contributed by atoms with Gasteiger partial charge in [0.15, 0.2) is 5.54 Å². The second kappa shape index (κ2) is 7.63. The lowest BCUT2D eigenvalue weighted by Gasteiger charge is -2.28. The molecule has 0 aromatic carbocycles. The van der Waals surface area contributed by atoms with Gasteiger partial charge in [-0.25, -0.2) is 9.59 Å². The Balaban J connectivity index is 2.68. The van der Waals surface area contributed by atoms with Crippen molar-refractivity contribution in [2.75, 3.05) is 26.8 Å². The Hall–Kier alpha value is -1.83. The molecule has 1 atom stereocenters. The molecule has 1 fully saturated rings. The Kier molecular flexibility index (Phi) is 6.37. The van der Waals surface area contributed by atoms with Crippen LogP contribution < -0.4 is 5.32 Å². The number of likely N-dealkylation sites (tertiary alicyclic amines) is 1. The largest absolute Gasteiger partial charge is 0.479 e. The van der Waals surface area contributed by atoms with E-state index in [0.717, 1.165) is 0 Å². The van der Waals surface area contributed by atoms with Crippen LogP contribution in [0.1, 0.15) is 40.0 Å². The number of carbonyl (C=O) groups is 3. The topological polar surface area (TPSA) is 105 Å². The molecule has 0 aromatic rings. The summed E-state index contributed by atoms with van der Waals surface area (Å²) in [6.07, 6.45) is 0.215. The quantitative estimate of drug-likeness (QED) is 0.704. The van der Waals surface area contributed by atoms with Gasteiger partial charge in [-0.15, -0.1) is 0 Å². The highest BCUT2D eigenvalue weighted by molar-refractivity contribution is 5.87. The number of nitrogens with one attached hydrogen (secondary N) is 1. The number of methoxy groups -OCH3 is 1. The van der Waals surface area contributed by atoms with Crippen LogP contribution in [0.15, 0.2) is 0 Å². The lowest BCUT2D eigenvalue weighted by Crippen LogP contribution is -2.57. The summed E-state index contributed by atoms with van der Waals surface area (Å²) in [5.74, 6) is -1.31. The molecule has 8 heteroatoms. The van der Waals surface area contributed by atoms with Crippen molar-refractivity contribution >= 4 is 18.0 Å². The van der Waals surface area contributed by atoms with Gasteiger partial charge in [-0.2, -0.15) is 0 Å². The number of amides is 2. The summed E-state index contributed by atoms with van der Waals surface area (Å²) in [6, 6.07) is 0. The second-order valence-corrected chi connectivity index (χ2v) is 6.68. The van der Waals surface area contributed by atoms with Gasteiger partial charge in [0.25, 0.3) is 0 Å². The standard InChI is InChI=1S/C15H26N2O6/c1-14(2,3)23-13(21)16-15(12(19)20)7-8-17(10-15)11(18)6-5-9-22-4/h5-10H2,1-4H3,(H,16,21)(H,19,20). The Labute approximate surface area is 136 Å².